The maximum atomic E-state index is 12.8. The summed E-state index contributed by atoms with van der Waals surface area (Å²) in [6.07, 6.45) is 18.0. The van der Waals surface area contributed by atoms with Gasteiger partial charge in [-0.3, -0.25) is 4.57 Å². The molecule has 0 N–H and O–H groups in total. The van der Waals surface area contributed by atoms with Crippen LogP contribution in [-0.4, -0.2) is 21.3 Å². The molecule has 0 aromatic carbocycles. The van der Waals surface area contributed by atoms with Crippen molar-refractivity contribution in [2.75, 3.05) is 13.2 Å². The molecule has 4 nitrogen and oxygen atoms in total. The molecule has 0 unspecified atom stereocenters. The molecule has 0 amide bonds. The number of rotatable bonds is 18. The van der Waals surface area contributed by atoms with Crippen molar-refractivity contribution >= 4 is 27.1 Å². The van der Waals surface area contributed by atoms with Crippen LogP contribution in [0.3, 0.4) is 0 Å². The van der Waals surface area contributed by atoms with Gasteiger partial charge < -0.3 is 13.5 Å². The van der Waals surface area contributed by atoms with E-state index in [2.05, 4.69) is 26.6 Å². The minimum atomic E-state index is -3.20. The molecule has 0 bridgehead atoms. The fraction of sp³-hybridized carbons (Fsp3) is 0.760. The Morgan fingerprint density at radius 2 is 1.39 bits per heavy atom. The first-order valence-electron chi connectivity index (χ1n) is 12.5. The van der Waals surface area contributed by atoms with E-state index in [0.717, 1.165) is 17.4 Å². The van der Waals surface area contributed by atoms with Gasteiger partial charge in [0.2, 0.25) is 0 Å². The zero-order valence-corrected chi connectivity index (χ0v) is 22.9. The molecule has 0 radical (unpaired) electrons. The Balaban J connectivity index is 2.67. The van der Waals surface area contributed by atoms with Crippen LogP contribution in [0.5, 0.6) is 0 Å². The van der Waals surface area contributed by atoms with Crippen molar-refractivity contribution in [2.45, 2.75) is 111 Å². The molecule has 0 aliphatic rings. The first-order valence-corrected chi connectivity index (χ1v) is 17.6. The van der Waals surface area contributed by atoms with Crippen LogP contribution in [0.15, 0.2) is 16.5 Å². The zero-order valence-electron chi connectivity index (χ0n) is 21.0. The van der Waals surface area contributed by atoms with E-state index in [0.29, 0.717) is 13.2 Å². The predicted octanol–water partition coefficient (Wildman–Crippen LogP) is 8.53. The predicted molar refractivity (Wildman–Crippen MR) is 137 cm³/mol. The van der Waals surface area contributed by atoms with Gasteiger partial charge in [-0.05, 0) is 38.3 Å². The lowest BCUT2D eigenvalue weighted by Crippen LogP contribution is -2.39. The molecule has 0 fully saturated rings. The van der Waals surface area contributed by atoms with Crippen LogP contribution in [0, 0.1) is 0 Å². The lowest BCUT2D eigenvalue weighted by atomic mass is 10.0. The fourth-order valence-corrected chi connectivity index (χ4v) is 6.76. The Morgan fingerprint density at radius 3 is 1.87 bits per heavy atom. The van der Waals surface area contributed by atoms with Gasteiger partial charge in [0.15, 0.2) is 0 Å². The second-order valence-corrected chi connectivity index (χ2v) is 16.2. The normalized spacial score (nSPS) is 12.8. The van der Waals surface area contributed by atoms with E-state index in [1.54, 1.807) is 5.82 Å². The maximum absolute atomic E-state index is 12.8. The number of hydrogen-bond acceptors (Lipinski definition) is 4. The molecule has 0 saturated carbocycles. The summed E-state index contributed by atoms with van der Waals surface area (Å²) in [5.41, 5.74) is 2.31. The van der Waals surface area contributed by atoms with Crippen LogP contribution >= 0.6 is 7.60 Å². The number of unbranched alkanes of at least 4 members (excludes halogenated alkanes) is 9. The molecule has 1 aromatic heterocycles. The second-order valence-electron chi connectivity index (χ2n) is 9.37. The monoisotopic (exact) mass is 470 g/mol. The summed E-state index contributed by atoms with van der Waals surface area (Å²) in [5, 5.41) is 1.16. The third-order valence-electron chi connectivity index (χ3n) is 5.44. The summed E-state index contributed by atoms with van der Waals surface area (Å²) in [5.74, 6) is 1.60. The molecule has 1 rings (SSSR count). The zero-order chi connectivity index (χ0) is 23.2. The summed E-state index contributed by atoms with van der Waals surface area (Å²) < 4.78 is 29.6. The number of furan rings is 1. The van der Waals surface area contributed by atoms with Gasteiger partial charge in [0, 0.05) is 11.4 Å². The van der Waals surface area contributed by atoms with Gasteiger partial charge in [-0.25, -0.2) is 0 Å². The summed E-state index contributed by atoms with van der Waals surface area (Å²) in [6, 6.07) is 0. The van der Waals surface area contributed by atoms with Crippen molar-refractivity contribution in [1.29, 1.82) is 0 Å². The molecule has 6 heteroatoms. The van der Waals surface area contributed by atoms with Crippen molar-refractivity contribution in [3.05, 3.63) is 23.2 Å². The van der Waals surface area contributed by atoms with E-state index >= 15 is 0 Å². The van der Waals surface area contributed by atoms with E-state index in [4.69, 9.17) is 13.5 Å². The largest absolute Gasteiger partial charge is 0.474 e. The second kappa shape index (κ2) is 15.3. The molecule has 0 spiro atoms. The van der Waals surface area contributed by atoms with Crippen molar-refractivity contribution in [2.24, 2.45) is 0 Å². The summed E-state index contributed by atoms with van der Waals surface area (Å²) in [6.45, 7) is 13.6. The van der Waals surface area contributed by atoms with Crippen LogP contribution in [-0.2, 0) is 20.0 Å². The lowest BCUT2D eigenvalue weighted by Gasteiger charge is -2.16. The van der Waals surface area contributed by atoms with E-state index in [1.807, 2.05) is 26.2 Å². The minimum absolute atomic E-state index is 0.360. The van der Waals surface area contributed by atoms with Crippen molar-refractivity contribution < 1.29 is 18.0 Å². The molecule has 1 heterocycles. The van der Waals surface area contributed by atoms with E-state index in [1.165, 1.54) is 69.8 Å². The average Bonchev–Trinajstić information content (AvgIpc) is 3.11. The highest BCUT2D eigenvalue weighted by Crippen LogP contribution is 2.50. The molecular weight excluding hydrogens is 423 g/mol. The Hall–Kier alpha value is -0.613. The van der Waals surface area contributed by atoms with Gasteiger partial charge in [-0.2, -0.15) is 0 Å². The van der Waals surface area contributed by atoms with Gasteiger partial charge in [0.1, 0.15) is 8.07 Å². The highest BCUT2D eigenvalue weighted by atomic mass is 31.2. The topological polar surface area (TPSA) is 48.7 Å². The fourth-order valence-electron chi connectivity index (χ4n) is 3.87. The van der Waals surface area contributed by atoms with Gasteiger partial charge in [0.05, 0.1) is 24.9 Å². The van der Waals surface area contributed by atoms with Gasteiger partial charge in [-0.1, -0.05) is 84.4 Å². The molecule has 1 aromatic rings. The van der Waals surface area contributed by atoms with Gasteiger partial charge in [-0.15, -0.1) is 0 Å². The van der Waals surface area contributed by atoms with Crippen molar-refractivity contribution in [3.8, 4) is 0 Å². The molecule has 180 valence electrons. The van der Waals surface area contributed by atoms with E-state index in [-0.39, 0.29) is 0 Å². The highest BCUT2D eigenvalue weighted by molar-refractivity contribution is 7.57. The van der Waals surface area contributed by atoms with Crippen LogP contribution in [0.25, 0.3) is 6.08 Å². The summed E-state index contributed by atoms with van der Waals surface area (Å²) in [7, 11) is -4.79. The SMILES string of the molecule is CCCCCCCCCCCCc1c(/C=C/P(=O)(OCC)OCC)coc1[Si](C)(C)C. The molecule has 0 saturated heterocycles. The average molecular weight is 471 g/mol. The first-order chi connectivity index (χ1) is 14.8. The summed E-state index contributed by atoms with van der Waals surface area (Å²) >= 11 is 0. The van der Waals surface area contributed by atoms with Gasteiger partial charge in [0.25, 0.3) is 0 Å². The van der Waals surface area contributed by atoms with Gasteiger partial charge >= 0.3 is 7.60 Å². The Morgan fingerprint density at radius 1 is 0.871 bits per heavy atom. The van der Waals surface area contributed by atoms with Crippen LogP contribution < -0.4 is 5.38 Å². The standard InChI is InChI=1S/C25H47O4PSi/c1-7-10-11-12-13-14-15-16-17-18-19-24-23(22-27-25(24)31(4,5)6)20-21-30(26,28-8-2)29-9-3/h20-22H,7-19H2,1-6H3/b21-20+. The Kier molecular flexibility index (Phi) is 14.0. The maximum Gasteiger partial charge on any atom is 0.354 e. The molecular formula is C25H47O4PSi. The molecule has 0 aliphatic carbocycles. The third-order valence-corrected chi connectivity index (χ3v) is 8.97. The molecule has 0 aliphatic heterocycles. The lowest BCUT2D eigenvalue weighted by molar-refractivity contribution is 0.229. The van der Waals surface area contributed by atoms with Crippen LogP contribution in [0.2, 0.25) is 19.6 Å². The van der Waals surface area contributed by atoms with Crippen molar-refractivity contribution in [1.82, 2.24) is 0 Å². The summed E-state index contributed by atoms with van der Waals surface area (Å²) in [4.78, 5) is 0. The molecule has 0 atom stereocenters. The van der Waals surface area contributed by atoms with Crippen LogP contribution in [0.4, 0.5) is 0 Å². The third kappa shape index (κ3) is 11.2. The highest BCUT2D eigenvalue weighted by Gasteiger charge is 2.26. The van der Waals surface area contributed by atoms with E-state index < -0.39 is 15.7 Å². The Bertz CT molecular complexity index is 666. The quantitative estimate of drug-likeness (QED) is 0.122. The molecule has 31 heavy (non-hydrogen) atoms. The van der Waals surface area contributed by atoms with E-state index in [9.17, 15) is 4.57 Å². The first kappa shape index (κ1) is 28.4. The number of hydrogen-bond donors (Lipinski definition) is 0. The Labute approximate surface area is 192 Å². The van der Waals surface area contributed by atoms with Crippen LogP contribution in [0.1, 0.15) is 96.1 Å². The van der Waals surface area contributed by atoms with Crippen molar-refractivity contribution in [3.63, 3.8) is 0 Å². The smallest absolute Gasteiger partial charge is 0.354 e. The minimum Gasteiger partial charge on any atom is -0.474 e.